The Kier molecular flexibility index (Phi) is 2.84. The molecule has 0 atom stereocenters. The Bertz CT molecular complexity index is 342. The van der Waals surface area contributed by atoms with Crippen molar-refractivity contribution < 1.29 is 9.53 Å². The Labute approximate surface area is 83.3 Å². The molecule has 1 heterocycles. The number of esters is 1. The van der Waals surface area contributed by atoms with Crippen LogP contribution in [0.2, 0.25) is 0 Å². The van der Waals surface area contributed by atoms with Crippen molar-refractivity contribution in [2.24, 2.45) is 0 Å². The van der Waals surface area contributed by atoms with Crippen LogP contribution in [-0.2, 0) is 10.2 Å². The molecular formula is C10H14N2O2. The third-order valence-electron chi connectivity index (χ3n) is 1.72. The van der Waals surface area contributed by atoms with Crippen LogP contribution < -0.4 is 0 Å². The minimum atomic E-state index is -0.432. The smallest absolute Gasteiger partial charge is 0.356 e. The maximum Gasteiger partial charge on any atom is 0.356 e. The lowest BCUT2D eigenvalue weighted by molar-refractivity contribution is 0.0593. The molecule has 0 saturated carbocycles. The minimum Gasteiger partial charge on any atom is -0.464 e. The average molecular weight is 194 g/mol. The molecule has 1 aromatic rings. The van der Waals surface area contributed by atoms with Gasteiger partial charge >= 0.3 is 5.97 Å². The number of hydrogen-bond donors (Lipinski definition) is 0. The fourth-order valence-corrected chi connectivity index (χ4v) is 0.938. The molecule has 0 radical (unpaired) electrons. The second kappa shape index (κ2) is 3.74. The highest BCUT2D eigenvalue weighted by Gasteiger charge is 2.19. The summed E-state index contributed by atoms with van der Waals surface area (Å²) in [5.41, 5.74) is 0.136. The zero-order chi connectivity index (χ0) is 10.8. The lowest BCUT2D eigenvalue weighted by atomic mass is 9.96. The van der Waals surface area contributed by atoms with Gasteiger partial charge in [0.05, 0.1) is 7.11 Å². The van der Waals surface area contributed by atoms with E-state index in [2.05, 4.69) is 14.7 Å². The topological polar surface area (TPSA) is 52.1 Å². The summed E-state index contributed by atoms with van der Waals surface area (Å²) < 4.78 is 4.57. The summed E-state index contributed by atoms with van der Waals surface area (Å²) in [4.78, 5) is 19.4. The van der Waals surface area contributed by atoms with E-state index in [1.54, 1.807) is 12.3 Å². The molecule has 0 saturated heterocycles. The highest BCUT2D eigenvalue weighted by Crippen LogP contribution is 2.17. The van der Waals surface area contributed by atoms with Crippen LogP contribution in [0.5, 0.6) is 0 Å². The van der Waals surface area contributed by atoms with Gasteiger partial charge in [-0.15, -0.1) is 0 Å². The molecule has 0 N–H and O–H groups in total. The number of carbonyl (C=O) groups excluding carboxylic acids is 1. The third-order valence-corrected chi connectivity index (χ3v) is 1.72. The van der Waals surface area contributed by atoms with Crippen molar-refractivity contribution in [3.63, 3.8) is 0 Å². The number of carbonyl (C=O) groups is 1. The van der Waals surface area contributed by atoms with Gasteiger partial charge in [-0.2, -0.15) is 0 Å². The zero-order valence-corrected chi connectivity index (χ0v) is 8.87. The average Bonchev–Trinajstić information content (AvgIpc) is 2.15. The number of aromatic nitrogens is 2. The van der Waals surface area contributed by atoms with E-state index in [1.807, 2.05) is 20.8 Å². The van der Waals surface area contributed by atoms with Crippen molar-refractivity contribution in [1.29, 1.82) is 0 Å². The van der Waals surface area contributed by atoms with E-state index in [4.69, 9.17) is 0 Å². The van der Waals surface area contributed by atoms with Crippen molar-refractivity contribution in [1.82, 2.24) is 9.97 Å². The molecule has 0 aliphatic carbocycles. The van der Waals surface area contributed by atoms with Crippen molar-refractivity contribution in [3.05, 3.63) is 23.8 Å². The van der Waals surface area contributed by atoms with Crippen LogP contribution in [0.1, 0.15) is 37.1 Å². The van der Waals surface area contributed by atoms with Crippen molar-refractivity contribution in [2.45, 2.75) is 26.2 Å². The quantitative estimate of drug-likeness (QED) is 0.636. The molecule has 0 unspecified atom stereocenters. The third kappa shape index (κ3) is 2.28. The van der Waals surface area contributed by atoms with Gasteiger partial charge in [0.1, 0.15) is 5.82 Å². The van der Waals surface area contributed by atoms with Crippen LogP contribution in [-0.4, -0.2) is 23.0 Å². The lowest BCUT2D eigenvalue weighted by Gasteiger charge is -2.16. The molecule has 0 spiro atoms. The van der Waals surface area contributed by atoms with Crippen molar-refractivity contribution >= 4 is 5.97 Å². The van der Waals surface area contributed by atoms with Gasteiger partial charge in [0.25, 0.3) is 0 Å². The van der Waals surface area contributed by atoms with Gasteiger partial charge in [0.2, 0.25) is 0 Å². The van der Waals surface area contributed by atoms with E-state index in [-0.39, 0.29) is 5.41 Å². The van der Waals surface area contributed by atoms with E-state index < -0.39 is 5.97 Å². The van der Waals surface area contributed by atoms with Crippen LogP contribution in [0.15, 0.2) is 12.3 Å². The normalized spacial score (nSPS) is 11.1. The van der Waals surface area contributed by atoms with Gasteiger partial charge in [0, 0.05) is 11.6 Å². The molecule has 1 rings (SSSR count). The molecule has 0 aliphatic rings. The summed E-state index contributed by atoms with van der Waals surface area (Å²) in [6.45, 7) is 5.97. The van der Waals surface area contributed by atoms with Gasteiger partial charge in [-0.25, -0.2) is 14.8 Å². The first-order valence-electron chi connectivity index (χ1n) is 4.37. The molecule has 0 bridgehead atoms. The number of nitrogens with zero attached hydrogens (tertiary/aromatic N) is 2. The van der Waals surface area contributed by atoms with E-state index in [1.165, 1.54) is 7.11 Å². The SMILES string of the molecule is COC(=O)c1ccnc(C(C)(C)C)n1. The first-order valence-corrected chi connectivity index (χ1v) is 4.37. The van der Waals surface area contributed by atoms with Crippen LogP contribution in [0.25, 0.3) is 0 Å². The fraction of sp³-hybridized carbons (Fsp3) is 0.500. The molecule has 0 aromatic carbocycles. The minimum absolute atomic E-state index is 0.163. The summed E-state index contributed by atoms with van der Waals surface area (Å²) >= 11 is 0. The Morgan fingerprint density at radius 1 is 1.43 bits per heavy atom. The number of ether oxygens (including phenoxy) is 1. The highest BCUT2D eigenvalue weighted by molar-refractivity contribution is 5.86. The van der Waals surface area contributed by atoms with Gasteiger partial charge in [-0.05, 0) is 6.07 Å². The molecule has 14 heavy (non-hydrogen) atoms. The standard InChI is InChI=1S/C10H14N2O2/c1-10(2,3)9-11-6-5-7(12-9)8(13)14-4/h5-6H,1-4H3. The summed E-state index contributed by atoms with van der Waals surface area (Å²) in [6, 6.07) is 1.54. The monoisotopic (exact) mass is 194 g/mol. The zero-order valence-electron chi connectivity index (χ0n) is 8.87. The van der Waals surface area contributed by atoms with E-state index in [0.29, 0.717) is 11.5 Å². The molecule has 4 heteroatoms. The molecule has 0 aliphatic heterocycles. The lowest BCUT2D eigenvalue weighted by Crippen LogP contribution is -2.18. The number of methoxy groups -OCH3 is 1. The summed E-state index contributed by atoms with van der Waals surface area (Å²) in [6.07, 6.45) is 1.57. The Balaban J connectivity index is 3.08. The second-order valence-corrected chi connectivity index (χ2v) is 4.01. The summed E-state index contributed by atoms with van der Waals surface area (Å²) in [5.74, 6) is 0.207. The summed E-state index contributed by atoms with van der Waals surface area (Å²) in [7, 11) is 1.33. The van der Waals surface area contributed by atoms with E-state index in [0.717, 1.165) is 0 Å². The van der Waals surface area contributed by atoms with Gasteiger partial charge in [0.15, 0.2) is 5.69 Å². The summed E-state index contributed by atoms with van der Waals surface area (Å²) in [5, 5.41) is 0. The van der Waals surface area contributed by atoms with Crippen molar-refractivity contribution in [3.8, 4) is 0 Å². The number of rotatable bonds is 1. The van der Waals surface area contributed by atoms with Gasteiger partial charge in [-0.1, -0.05) is 20.8 Å². The van der Waals surface area contributed by atoms with Crippen LogP contribution in [0.3, 0.4) is 0 Å². The largest absolute Gasteiger partial charge is 0.464 e. The van der Waals surface area contributed by atoms with Gasteiger partial charge in [-0.3, -0.25) is 0 Å². The molecule has 76 valence electrons. The molecule has 1 aromatic heterocycles. The second-order valence-electron chi connectivity index (χ2n) is 4.01. The van der Waals surface area contributed by atoms with E-state index >= 15 is 0 Å². The Morgan fingerprint density at radius 2 is 2.07 bits per heavy atom. The van der Waals surface area contributed by atoms with Crippen molar-refractivity contribution in [2.75, 3.05) is 7.11 Å². The molecule has 4 nitrogen and oxygen atoms in total. The van der Waals surface area contributed by atoms with Gasteiger partial charge < -0.3 is 4.74 Å². The van der Waals surface area contributed by atoms with Crippen LogP contribution in [0.4, 0.5) is 0 Å². The first-order chi connectivity index (χ1) is 6.45. The van der Waals surface area contributed by atoms with E-state index in [9.17, 15) is 4.79 Å². The highest BCUT2D eigenvalue weighted by atomic mass is 16.5. The Morgan fingerprint density at radius 3 is 2.57 bits per heavy atom. The maximum absolute atomic E-state index is 11.2. The predicted octanol–water partition coefficient (Wildman–Crippen LogP) is 1.56. The molecular weight excluding hydrogens is 180 g/mol. The Hall–Kier alpha value is -1.45. The first kappa shape index (κ1) is 10.6. The maximum atomic E-state index is 11.2. The fourth-order valence-electron chi connectivity index (χ4n) is 0.938. The molecule has 0 fully saturated rings. The molecule has 0 amide bonds. The van der Waals surface area contributed by atoms with Crippen LogP contribution >= 0.6 is 0 Å². The predicted molar refractivity (Wildman–Crippen MR) is 52.1 cm³/mol. The number of hydrogen-bond acceptors (Lipinski definition) is 4. The van der Waals surface area contributed by atoms with Crippen LogP contribution in [0, 0.1) is 0 Å².